The number of para-hydroxylation sites is 1. The fourth-order valence-electron chi connectivity index (χ4n) is 1.45. The molecule has 0 aliphatic rings. The van der Waals surface area contributed by atoms with Gasteiger partial charge in [0.25, 0.3) is 0 Å². The van der Waals surface area contributed by atoms with Crippen molar-refractivity contribution in [2.45, 2.75) is 0 Å². The van der Waals surface area contributed by atoms with Gasteiger partial charge in [0.1, 0.15) is 23.9 Å². The van der Waals surface area contributed by atoms with Crippen LogP contribution in [-0.4, -0.2) is 27.4 Å². The molecule has 0 saturated carbocycles. The second-order valence-corrected chi connectivity index (χ2v) is 3.43. The third kappa shape index (κ3) is 2.10. The van der Waals surface area contributed by atoms with Gasteiger partial charge >= 0.3 is 7.69 Å². The van der Waals surface area contributed by atoms with E-state index in [9.17, 15) is 0 Å². The van der Waals surface area contributed by atoms with Crippen LogP contribution in [0.5, 0.6) is 5.75 Å². The van der Waals surface area contributed by atoms with E-state index in [-0.39, 0.29) is 0 Å². The molecule has 18 heavy (non-hydrogen) atoms. The fraction of sp³-hybridized carbons (Fsp3) is 0. The van der Waals surface area contributed by atoms with Crippen LogP contribution in [0.4, 0.5) is 0 Å². The highest BCUT2D eigenvalue weighted by molar-refractivity contribution is 6.19. The third-order valence-corrected chi connectivity index (χ3v) is 2.27. The average molecular weight is 239 g/mol. The van der Waals surface area contributed by atoms with Gasteiger partial charge in [0.2, 0.25) is 0 Å². The zero-order valence-corrected chi connectivity index (χ0v) is 9.30. The van der Waals surface area contributed by atoms with E-state index in [0.717, 1.165) is 0 Å². The lowest BCUT2D eigenvalue weighted by Crippen LogP contribution is -2.20. The molecule has 0 aliphatic carbocycles. The molecule has 3 aromatic rings. The first-order valence-corrected chi connectivity index (χ1v) is 5.27. The number of hydrogen-bond acceptors (Lipinski definition) is 5. The fourth-order valence-corrected chi connectivity index (χ4v) is 1.45. The third-order valence-electron chi connectivity index (χ3n) is 2.27. The number of hydrogen-bond donors (Lipinski definition) is 0. The molecule has 0 aliphatic heterocycles. The summed E-state index contributed by atoms with van der Waals surface area (Å²) in [5.74, 6) is 0.691. The molecule has 1 aromatic carbocycles. The van der Waals surface area contributed by atoms with Crippen LogP contribution in [0.1, 0.15) is 0 Å². The SMILES string of the molecule is [B](Oc1ccccc1)On1cnc2cncnc21. The number of aromatic nitrogens is 4. The molecule has 0 saturated heterocycles. The first-order chi connectivity index (χ1) is 8.93. The van der Waals surface area contributed by atoms with Crippen molar-refractivity contribution in [1.82, 2.24) is 19.7 Å². The van der Waals surface area contributed by atoms with Gasteiger partial charge in [-0.2, -0.15) is 4.73 Å². The van der Waals surface area contributed by atoms with Crippen molar-refractivity contribution < 1.29 is 9.41 Å². The molecular formula is C11H8BN4O2. The van der Waals surface area contributed by atoms with Gasteiger partial charge in [-0.15, -0.1) is 0 Å². The van der Waals surface area contributed by atoms with Crippen molar-refractivity contribution in [3.63, 3.8) is 0 Å². The summed E-state index contributed by atoms with van der Waals surface area (Å²) in [5, 5.41) is 0. The lowest BCUT2D eigenvalue weighted by molar-refractivity contribution is 0.262. The van der Waals surface area contributed by atoms with E-state index in [1.54, 1.807) is 6.20 Å². The quantitative estimate of drug-likeness (QED) is 0.632. The lowest BCUT2D eigenvalue weighted by Gasteiger charge is -2.05. The van der Waals surface area contributed by atoms with Crippen molar-refractivity contribution in [2.75, 3.05) is 0 Å². The van der Waals surface area contributed by atoms with Crippen LogP contribution in [0.2, 0.25) is 0 Å². The Balaban J connectivity index is 1.67. The summed E-state index contributed by atoms with van der Waals surface area (Å²) in [6, 6.07) is 9.32. The van der Waals surface area contributed by atoms with E-state index in [2.05, 4.69) is 15.0 Å². The van der Waals surface area contributed by atoms with Gasteiger partial charge in [-0.05, 0) is 12.1 Å². The molecule has 3 rings (SSSR count). The molecule has 0 atom stereocenters. The maximum Gasteiger partial charge on any atom is 0.680 e. The Hall–Kier alpha value is -2.57. The molecule has 1 radical (unpaired) electrons. The summed E-state index contributed by atoms with van der Waals surface area (Å²) in [7, 11) is 1.22. The monoisotopic (exact) mass is 239 g/mol. The van der Waals surface area contributed by atoms with Gasteiger partial charge in [0.05, 0.1) is 6.20 Å². The van der Waals surface area contributed by atoms with Crippen molar-refractivity contribution in [3.8, 4) is 5.75 Å². The van der Waals surface area contributed by atoms with Crippen molar-refractivity contribution >= 4 is 18.8 Å². The van der Waals surface area contributed by atoms with Crippen LogP contribution < -0.4 is 9.41 Å². The molecule has 0 bridgehead atoms. The van der Waals surface area contributed by atoms with Crippen LogP contribution in [0.15, 0.2) is 49.2 Å². The van der Waals surface area contributed by atoms with E-state index < -0.39 is 0 Å². The second kappa shape index (κ2) is 4.74. The smallest absolute Gasteiger partial charge is 0.525 e. The van der Waals surface area contributed by atoms with E-state index >= 15 is 0 Å². The molecule has 0 amide bonds. The number of rotatable bonds is 4. The molecule has 0 spiro atoms. The highest BCUT2D eigenvalue weighted by atomic mass is 16.7. The van der Waals surface area contributed by atoms with Crippen molar-refractivity contribution in [2.24, 2.45) is 0 Å². The first-order valence-electron chi connectivity index (χ1n) is 5.27. The Morgan fingerprint density at radius 1 is 1.11 bits per heavy atom. The highest BCUT2D eigenvalue weighted by Gasteiger charge is 2.06. The van der Waals surface area contributed by atoms with E-state index in [4.69, 9.17) is 9.41 Å². The van der Waals surface area contributed by atoms with Crippen LogP contribution in [0.25, 0.3) is 11.2 Å². The summed E-state index contributed by atoms with van der Waals surface area (Å²) in [4.78, 5) is 12.0. The van der Waals surface area contributed by atoms with Gasteiger partial charge in [-0.25, -0.2) is 15.0 Å². The van der Waals surface area contributed by atoms with Crippen LogP contribution in [-0.2, 0) is 0 Å². The van der Waals surface area contributed by atoms with E-state index in [1.807, 2.05) is 30.3 Å². The minimum atomic E-state index is 0.581. The zero-order chi connectivity index (χ0) is 12.2. The Kier molecular flexibility index (Phi) is 2.79. The van der Waals surface area contributed by atoms with Gasteiger partial charge in [0.15, 0.2) is 5.65 Å². The molecule has 6 nitrogen and oxygen atoms in total. The maximum absolute atomic E-state index is 5.29. The Labute approximate surface area is 103 Å². The number of imidazole rings is 1. The standard InChI is InChI=1S/C11H8BN4O2/c1-2-4-9(5-3-1)17-12-18-16-8-15-10-6-13-7-14-11(10)16/h1-8H. The molecular weight excluding hydrogens is 231 g/mol. The Morgan fingerprint density at radius 2 is 2.00 bits per heavy atom. The molecule has 0 N–H and O–H groups in total. The van der Waals surface area contributed by atoms with Gasteiger partial charge in [0, 0.05) is 0 Å². The van der Waals surface area contributed by atoms with Crippen molar-refractivity contribution in [1.29, 1.82) is 0 Å². The maximum atomic E-state index is 5.29. The number of nitrogens with zero attached hydrogens (tertiary/aromatic N) is 4. The second-order valence-electron chi connectivity index (χ2n) is 3.43. The van der Waals surface area contributed by atoms with E-state index in [1.165, 1.54) is 25.1 Å². The van der Waals surface area contributed by atoms with E-state index in [0.29, 0.717) is 16.9 Å². The molecule has 87 valence electrons. The predicted octanol–water partition coefficient (Wildman–Crippen LogP) is 0.868. The van der Waals surface area contributed by atoms with Crippen molar-refractivity contribution in [3.05, 3.63) is 49.2 Å². The summed E-state index contributed by atoms with van der Waals surface area (Å²) < 4.78 is 12.0. The van der Waals surface area contributed by atoms with Crippen LogP contribution >= 0.6 is 0 Å². The Bertz CT molecular complexity index is 644. The normalized spacial score (nSPS) is 10.2. The number of fused-ring (bicyclic) bond motifs is 1. The van der Waals surface area contributed by atoms with Crippen LogP contribution in [0, 0.1) is 0 Å². The summed E-state index contributed by atoms with van der Waals surface area (Å²) in [6.45, 7) is 0. The van der Waals surface area contributed by atoms with Crippen LogP contribution in [0.3, 0.4) is 0 Å². The minimum Gasteiger partial charge on any atom is -0.525 e. The predicted molar refractivity (Wildman–Crippen MR) is 64.7 cm³/mol. The first kappa shape index (κ1) is 10.6. The molecule has 2 aromatic heterocycles. The number of benzene rings is 1. The van der Waals surface area contributed by atoms with Gasteiger partial charge in [-0.3, -0.25) is 0 Å². The Morgan fingerprint density at radius 3 is 2.89 bits per heavy atom. The summed E-state index contributed by atoms with van der Waals surface area (Å²) in [6.07, 6.45) is 4.55. The largest absolute Gasteiger partial charge is 0.680 e. The lowest BCUT2D eigenvalue weighted by atomic mass is 10.3. The molecule has 2 heterocycles. The molecule has 0 fully saturated rings. The van der Waals surface area contributed by atoms with Gasteiger partial charge < -0.3 is 9.41 Å². The minimum absolute atomic E-state index is 0.581. The highest BCUT2D eigenvalue weighted by Crippen LogP contribution is 2.08. The average Bonchev–Trinajstić information content (AvgIpc) is 2.84. The topological polar surface area (TPSA) is 62.1 Å². The molecule has 7 heteroatoms. The zero-order valence-electron chi connectivity index (χ0n) is 9.30. The summed E-state index contributed by atoms with van der Waals surface area (Å²) >= 11 is 0. The molecule has 0 unspecified atom stereocenters. The van der Waals surface area contributed by atoms with Gasteiger partial charge in [-0.1, -0.05) is 18.2 Å². The summed E-state index contributed by atoms with van der Waals surface area (Å²) in [5.41, 5.74) is 1.24.